The Bertz CT molecular complexity index is 6600. The summed E-state index contributed by atoms with van der Waals surface area (Å²) in [5.74, 6) is 1.81. The monoisotopic (exact) mass is 1260 g/mol. The number of nitrogens with zero attached hydrogens (tertiary/aromatic N) is 4. The Hall–Kier alpha value is -13.0. The van der Waals surface area contributed by atoms with Crippen LogP contribution in [-0.4, -0.2) is 19.1 Å². The summed E-state index contributed by atoms with van der Waals surface area (Å²) in [5.41, 5.74) is 21.5. The molecule has 0 amide bonds. The molecule has 0 saturated carbocycles. The highest BCUT2D eigenvalue weighted by Gasteiger charge is 2.27. The van der Waals surface area contributed by atoms with Gasteiger partial charge in [0.25, 0.3) is 0 Å². The van der Waals surface area contributed by atoms with E-state index in [9.17, 15) is 0 Å². The van der Waals surface area contributed by atoms with Crippen LogP contribution in [0.2, 0.25) is 0 Å². The minimum absolute atomic E-state index is 0.895. The number of imidazole rings is 2. The molecule has 0 aliphatic heterocycles. The quantitative estimate of drug-likeness (QED) is 0.135. The first kappa shape index (κ1) is 56.3. The van der Waals surface area contributed by atoms with E-state index in [2.05, 4.69) is 362 Å². The minimum Gasteiger partial charge on any atom is -0.292 e. The van der Waals surface area contributed by atoms with Crippen LogP contribution in [0.25, 0.3) is 198 Å². The first-order valence-electron chi connectivity index (χ1n) is 34.1. The number of benzene rings is 18. The zero-order valence-electron chi connectivity index (χ0n) is 54.2. The van der Waals surface area contributed by atoms with Crippen molar-refractivity contribution in [2.45, 2.75) is 6.92 Å². The minimum atomic E-state index is 0.895. The second kappa shape index (κ2) is 22.6. The molecular weight excluding hydrogens is 1200 g/mol. The van der Waals surface area contributed by atoms with E-state index < -0.39 is 0 Å². The third-order valence-corrected chi connectivity index (χ3v) is 20.7. The molecular formula is C95H60N4. The summed E-state index contributed by atoms with van der Waals surface area (Å²) in [4.78, 5) is 11.0. The van der Waals surface area contributed by atoms with Crippen molar-refractivity contribution in [2.75, 3.05) is 0 Å². The van der Waals surface area contributed by atoms with Crippen LogP contribution < -0.4 is 0 Å². The van der Waals surface area contributed by atoms with Gasteiger partial charge in [-0.1, -0.05) is 303 Å². The van der Waals surface area contributed by atoms with Crippen molar-refractivity contribution in [1.29, 1.82) is 0 Å². The summed E-state index contributed by atoms with van der Waals surface area (Å²) >= 11 is 0. The van der Waals surface area contributed by atoms with Crippen molar-refractivity contribution in [2.24, 2.45) is 0 Å². The molecule has 0 aliphatic rings. The van der Waals surface area contributed by atoms with Crippen LogP contribution in [0.5, 0.6) is 0 Å². The van der Waals surface area contributed by atoms with Gasteiger partial charge < -0.3 is 0 Å². The van der Waals surface area contributed by atoms with E-state index >= 15 is 0 Å². The molecule has 0 N–H and O–H groups in total. The molecule has 20 rings (SSSR count). The number of aromatic nitrogens is 4. The van der Waals surface area contributed by atoms with E-state index in [0.29, 0.717) is 0 Å². The van der Waals surface area contributed by atoms with E-state index in [-0.39, 0.29) is 0 Å². The van der Waals surface area contributed by atoms with Crippen LogP contribution in [0.4, 0.5) is 0 Å². The average Bonchev–Trinajstić information content (AvgIpc) is 0.901. The van der Waals surface area contributed by atoms with Crippen LogP contribution in [0.3, 0.4) is 0 Å². The Balaban J connectivity index is 0.704. The maximum atomic E-state index is 5.62. The van der Waals surface area contributed by atoms with Crippen LogP contribution in [0, 0.1) is 6.92 Å². The predicted octanol–water partition coefficient (Wildman–Crippen LogP) is 25.6. The number of hydrogen-bond donors (Lipinski definition) is 0. The Kier molecular flexibility index (Phi) is 12.8. The fraction of sp³-hybridized carbons (Fsp3) is 0.0105. The molecule has 0 unspecified atom stereocenters. The molecule has 0 fully saturated rings. The molecule has 0 spiro atoms. The van der Waals surface area contributed by atoms with E-state index in [1.807, 2.05) is 0 Å². The van der Waals surface area contributed by atoms with Crippen molar-refractivity contribution in [3.63, 3.8) is 0 Å². The molecule has 4 heteroatoms. The zero-order valence-corrected chi connectivity index (χ0v) is 54.2. The lowest BCUT2D eigenvalue weighted by molar-refractivity contribution is 1.10. The average molecular weight is 1260 g/mol. The van der Waals surface area contributed by atoms with Crippen molar-refractivity contribution in [1.82, 2.24) is 19.1 Å². The lowest BCUT2D eigenvalue weighted by atomic mass is 9.82. The topological polar surface area (TPSA) is 35.6 Å². The van der Waals surface area contributed by atoms with Crippen LogP contribution in [0.15, 0.2) is 346 Å². The maximum absolute atomic E-state index is 5.62. The molecule has 20 aromatic rings. The van der Waals surface area contributed by atoms with Crippen LogP contribution in [-0.2, 0) is 0 Å². The Morgan fingerprint density at radius 2 is 0.636 bits per heavy atom. The number of rotatable bonds is 9. The second-order valence-corrected chi connectivity index (χ2v) is 26.3. The third-order valence-electron chi connectivity index (χ3n) is 20.7. The first-order chi connectivity index (χ1) is 49.0. The molecule has 2 heterocycles. The Labute approximate surface area is 571 Å². The lowest BCUT2D eigenvalue weighted by Gasteiger charge is -2.23. The highest BCUT2D eigenvalue weighted by Crippen LogP contribution is 2.51. The van der Waals surface area contributed by atoms with Gasteiger partial charge in [0, 0.05) is 33.2 Å². The molecule has 0 bridgehead atoms. The summed E-state index contributed by atoms with van der Waals surface area (Å²) in [7, 11) is 0. The summed E-state index contributed by atoms with van der Waals surface area (Å²) < 4.78 is 4.74. The van der Waals surface area contributed by atoms with Gasteiger partial charge in [0.1, 0.15) is 11.6 Å². The molecule has 18 aromatic carbocycles. The van der Waals surface area contributed by atoms with E-state index in [1.54, 1.807) is 0 Å². The standard InChI is InChI=1S/C95H60N4/c1-59-43-54-80-83(55-59)87(72-29-10-11-30-73(72)89(80)68-48-44-60-23-8-9-28-64(60)57-68)61-50-52-70(53-51-61)98-86-42-22-39-71(92(86)97-95(98)63-26-6-3-7-27-63)67-47-45-66-58-69(49-46-65(66)56-67)88-74-31-12-14-33-76(74)90(77-34-15-13-32-75(77)88)91-78-35-16-18-37-81(78)93(82-38-19-17-36-79(82)91)99-85-41-21-20-40-84(85)96-94(99)62-24-4-2-5-25-62/h2-58H,1H3. The van der Waals surface area contributed by atoms with Gasteiger partial charge in [0.2, 0.25) is 0 Å². The van der Waals surface area contributed by atoms with Gasteiger partial charge in [-0.25, -0.2) is 9.97 Å². The SMILES string of the molecule is Cc1ccc2c(-c3ccc4ccccc4c3)c3ccccc3c(-c3ccc(-n4c(-c5ccccc5)nc5c(-c6ccc7cc(-c8c9ccccc9c(-c9c%10ccccc%10c(-n%10c(-c%11ccccc%11)nc%11ccccc%11%10)c%10ccccc9%10)c9ccccc89)ccc7c6)cccc54)cc3)c2c1. The van der Waals surface area contributed by atoms with Crippen molar-refractivity contribution >= 4 is 108 Å². The van der Waals surface area contributed by atoms with E-state index in [4.69, 9.17) is 9.97 Å². The van der Waals surface area contributed by atoms with Gasteiger partial charge in [-0.05, 0) is 181 Å². The number of para-hydroxylation sites is 3. The third kappa shape index (κ3) is 8.93. The van der Waals surface area contributed by atoms with Gasteiger partial charge in [-0.3, -0.25) is 9.13 Å². The highest BCUT2D eigenvalue weighted by molar-refractivity contribution is 6.30. The molecule has 4 nitrogen and oxygen atoms in total. The van der Waals surface area contributed by atoms with Crippen molar-refractivity contribution < 1.29 is 0 Å². The fourth-order valence-electron chi connectivity index (χ4n) is 16.3. The van der Waals surface area contributed by atoms with Crippen LogP contribution >= 0.6 is 0 Å². The van der Waals surface area contributed by atoms with Gasteiger partial charge in [0.15, 0.2) is 0 Å². The predicted molar refractivity (Wildman–Crippen MR) is 419 cm³/mol. The normalized spacial score (nSPS) is 11.9. The molecule has 99 heavy (non-hydrogen) atoms. The molecule has 0 saturated heterocycles. The van der Waals surface area contributed by atoms with Gasteiger partial charge in [-0.2, -0.15) is 0 Å². The molecule has 0 atom stereocenters. The molecule has 0 radical (unpaired) electrons. The number of aryl methyl sites for hydroxylation is 1. The molecule has 460 valence electrons. The van der Waals surface area contributed by atoms with E-state index in [1.165, 1.54) is 131 Å². The highest BCUT2D eigenvalue weighted by atomic mass is 15.1. The largest absolute Gasteiger partial charge is 0.292 e. The maximum Gasteiger partial charge on any atom is 0.145 e. The van der Waals surface area contributed by atoms with Gasteiger partial charge in [-0.15, -0.1) is 0 Å². The molecule has 0 aliphatic carbocycles. The van der Waals surface area contributed by atoms with Crippen molar-refractivity contribution in [3.8, 4) is 89.8 Å². The second-order valence-electron chi connectivity index (χ2n) is 26.3. The van der Waals surface area contributed by atoms with Crippen molar-refractivity contribution in [3.05, 3.63) is 351 Å². The smallest absolute Gasteiger partial charge is 0.145 e. The fourth-order valence-corrected chi connectivity index (χ4v) is 16.3. The lowest BCUT2D eigenvalue weighted by Crippen LogP contribution is -2.02. The van der Waals surface area contributed by atoms with Crippen LogP contribution in [0.1, 0.15) is 5.56 Å². The number of hydrogen-bond acceptors (Lipinski definition) is 2. The zero-order chi connectivity index (χ0) is 65.2. The summed E-state index contributed by atoms with van der Waals surface area (Å²) in [6.07, 6.45) is 0. The Morgan fingerprint density at radius 1 is 0.232 bits per heavy atom. The van der Waals surface area contributed by atoms with E-state index in [0.717, 1.165) is 72.7 Å². The van der Waals surface area contributed by atoms with Gasteiger partial charge >= 0.3 is 0 Å². The first-order valence-corrected chi connectivity index (χ1v) is 34.1. The summed E-state index contributed by atoms with van der Waals surface area (Å²) in [5, 5.41) is 19.3. The van der Waals surface area contributed by atoms with Gasteiger partial charge in [0.05, 0.1) is 27.8 Å². The number of fused-ring (bicyclic) bond motifs is 10. The Morgan fingerprint density at radius 3 is 1.21 bits per heavy atom. The summed E-state index contributed by atoms with van der Waals surface area (Å²) in [6, 6.07) is 127. The molecule has 2 aromatic heterocycles. The summed E-state index contributed by atoms with van der Waals surface area (Å²) in [6.45, 7) is 2.20.